The second kappa shape index (κ2) is 9.65. The van der Waals surface area contributed by atoms with E-state index in [1.165, 1.54) is 11.8 Å². The van der Waals surface area contributed by atoms with Crippen LogP contribution in [0.5, 0.6) is 0 Å². The van der Waals surface area contributed by atoms with E-state index in [0.29, 0.717) is 0 Å². The summed E-state index contributed by atoms with van der Waals surface area (Å²) in [6.07, 6.45) is 5.50. The van der Waals surface area contributed by atoms with Crippen molar-refractivity contribution >= 4 is 11.8 Å². The Kier molecular flexibility index (Phi) is 8.92. The first-order valence-corrected chi connectivity index (χ1v) is 7.41. The first-order chi connectivity index (χ1) is 8.81. The summed E-state index contributed by atoms with van der Waals surface area (Å²) in [6, 6.07) is 1.89. The summed E-state index contributed by atoms with van der Waals surface area (Å²) in [5.74, 6) is 0. The van der Waals surface area contributed by atoms with Crippen LogP contribution in [0, 0.1) is 6.92 Å². The molecule has 0 atom stereocenters. The average molecular weight is 266 g/mol. The molecule has 0 aromatic carbocycles. The van der Waals surface area contributed by atoms with E-state index < -0.39 is 0 Å². The van der Waals surface area contributed by atoms with E-state index in [9.17, 15) is 0 Å². The van der Waals surface area contributed by atoms with E-state index in [4.69, 9.17) is 0 Å². The number of hydrogen-bond donors (Lipinski definition) is 1. The number of aryl methyl sites for hydroxylation is 1. The fraction of sp³-hybridized carbons (Fsp3) is 0.462. The second-order valence-electron chi connectivity index (χ2n) is 2.84. The van der Waals surface area contributed by atoms with Crippen molar-refractivity contribution < 1.29 is 0 Å². The van der Waals surface area contributed by atoms with Crippen molar-refractivity contribution in [3.63, 3.8) is 0 Å². The number of thioether (sulfide) groups is 1. The third-order valence-corrected chi connectivity index (χ3v) is 2.48. The minimum absolute atomic E-state index is 0.781. The second-order valence-corrected chi connectivity index (χ2v) is 3.61. The Hall–Kier alpha value is -1.36. The maximum absolute atomic E-state index is 4.39. The summed E-state index contributed by atoms with van der Waals surface area (Å²) in [7, 11) is 0. The van der Waals surface area contributed by atoms with Crippen molar-refractivity contribution in [2.24, 2.45) is 0 Å². The van der Waals surface area contributed by atoms with E-state index >= 15 is 0 Å². The Bertz CT molecular complexity index is 440. The van der Waals surface area contributed by atoms with Crippen LogP contribution in [-0.2, 0) is 0 Å². The lowest BCUT2D eigenvalue weighted by atomic mass is 10.2. The lowest BCUT2D eigenvalue weighted by Crippen LogP contribution is -1.89. The molecule has 1 N–H and O–H groups in total. The molecule has 0 amide bonds. The summed E-state index contributed by atoms with van der Waals surface area (Å²) >= 11 is 1.53. The molecule has 0 aliphatic carbocycles. The highest BCUT2D eigenvalue weighted by molar-refractivity contribution is 7.98. The number of nitrogens with one attached hydrogen (secondary N) is 1. The highest BCUT2D eigenvalue weighted by atomic mass is 32.2. The Balaban J connectivity index is 0.000000659. The van der Waals surface area contributed by atoms with E-state index in [2.05, 4.69) is 20.2 Å². The molecule has 100 valence electrons. The van der Waals surface area contributed by atoms with Crippen molar-refractivity contribution in [2.75, 3.05) is 6.26 Å². The van der Waals surface area contributed by atoms with Gasteiger partial charge < -0.3 is 0 Å². The van der Waals surface area contributed by atoms with Crippen LogP contribution >= 0.6 is 11.8 Å². The van der Waals surface area contributed by atoms with Crippen molar-refractivity contribution in [2.45, 2.75) is 39.8 Å². The van der Waals surface area contributed by atoms with Crippen molar-refractivity contribution in [3.8, 4) is 11.3 Å². The third-order valence-electron chi connectivity index (χ3n) is 1.92. The molecule has 5 heteroatoms. The zero-order valence-corrected chi connectivity index (χ0v) is 12.8. The number of aromatic amines is 1. The smallest absolute Gasteiger partial charge is 0.187 e. The summed E-state index contributed by atoms with van der Waals surface area (Å²) < 4.78 is 0. The van der Waals surface area contributed by atoms with Gasteiger partial charge in [0.15, 0.2) is 5.16 Å². The molecule has 0 unspecified atom stereocenters. The molecule has 2 heterocycles. The van der Waals surface area contributed by atoms with Gasteiger partial charge >= 0.3 is 0 Å². The minimum Gasteiger partial charge on any atom is -0.282 e. The van der Waals surface area contributed by atoms with Crippen molar-refractivity contribution in [3.05, 3.63) is 24.2 Å². The van der Waals surface area contributed by atoms with Crippen LogP contribution in [0.3, 0.4) is 0 Å². The van der Waals surface area contributed by atoms with Gasteiger partial charge in [0.05, 0.1) is 11.9 Å². The highest BCUT2D eigenvalue weighted by Crippen LogP contribution is 2.20. The zero-order chi connectivity index (χ0) is 14.0. The van der Waals surface area contributed by atoms with Gasteiger partial charge in [0.2, 0.25) is 0 Å². The Morgan fingerprint density at radius 2 is 1.83 bits per heavy atom. The average Bonchev–Trinajstić information content (AvgIpc) is 2.89. The molecule has 0 saturated carbocycles. The van der Waals surface area contributed by atoms with Gasteiger partial charge in [0.25, 0.3) is 0 Å². The van der Waals surface area contributed by atoms with E-state index in [0.717, 1.165) is 22.1 Å². The predicted octanol–water partition coefficient (Wildman–Crippen LogP) is 3.95. The molecule has 0 aliphatic rings. The number of hydrogen-bond acceptors (Lipinski definition) is 4. The highest BCUT2D eigenvalue weighted by Gasteiger charge is 2.05. The van der Waals surface area contributed by atoms with Crippen LogP contribution in [0.25, 0.3) is 11.3 Å². The molecule has 0 bridgehead atoms. The van der Waals surface area contributed by atoms with Crippen LogP contribution in [-0.4, -0.2) is 26.4 Å². The maximum atomic E-state index is 4.39. The molecule has 0 radical (unpaired) electrons. The molecular formula is C13H22N4S. The number of aromatic nitrogens is 4. The normalized spacial score (nSPS) is 8.78. The van der Waals surface area contributed by atoms with Crippen LogP contribution in [0.1, 0.15) is 33.4 Å². The number of rotatable bonds is 2. The third kappa shape index (κ3) is 4.49. The molecular weight excluding hydrogens is 244 g/mol. The first-order valence-electron chi connectivity index (χ1n) is 6.18. The van der Waals surface area contributed by atoms with Crippen molar-refractivity contribution in [1.29, 1.82) is 0 Å². The number of H-pyrrole nitrogens is 1. The summed E-state index contributed by atoms with van der Waals surface area (Å²) in [5, 5.41) is 7.63. The van der Waals surface area contributed by atoms with Gasteiger partial charge in [0.1, 0.15) is 0 Å². The van der Waals surface area contributed by atoms with Gasteiger partial charge in [-0.2, -0.15) is 5.10 Å². The molecule has 18 heavy (non-hydrogen) atoms. The predicted molar refractivity (Wildman–Crippen MR) is 78.8 cm³/mol. The number of nitrogens with zero attached hydrogens (tertiary/aromatic N) is 3. The summed E-state index contributed by atoms with van der Waals surface area (Å²) in [4.78, 5) is 8.51. The lowest BCUT2D eigenvalue weighted by molar-refractivity contribution is 0.975. The van der Waals surface area contributed by atoms with Gasteiger partial charge in [-0.25, -0.2) is 9.97 Å². The van der Waals surface area contributed by atoms with E-state index in [1.54, 1.807) is 12.4 Å². The monoisotopic (exact) mass is 266 g/mol. The lowest BCUT2D eigenvalue weighted by Gasteiger charge is -1.99. The van der Waals surface area contributed by atoms with E-state index in [1.807, 2.05) is 46.9 Å². The van der Waals surface area contributed by atoms with Gasteiger partial charge in [-0.05, 0) is 19.2 Å². The van der Waals surface area contributed by atoms with Gasteiger partial charge in [-0.1, -0.05) is 39.5 Å². The van der Waals surface area contributed by atoms with Crippen LogP contribution < -0.4 is 0 Å². The van der Waals surface area contributed by atoms with Gasteiger partial charge in [-0.3, -0.25) is 5.10 Å². The molecule has 2 rings (SSSR count). The Labute approximate surface area is 114 Å². The molecule has 4 nitrogen and oxygen atoms in total. The molecule has 2 aromatic heterocycles. The maximum Gasteiger partial charge on any atom is 0.187 e. The Morgan fingerprint density at radius 3 is 2.33 bits per heavy atom. The standard InChI is InChI=1S/C9H10N4S.2C2H6/c1-6-7(5-11-13-6)8-3-4-10-9(12-8)14-2;2*1-2/h3-5H,1-2H3,(H,11,13);2*1-2H3. The summed E-state index contributed by atoms with van der Waals surface area (Å²) in [5.41, 5.74) is 2.97. The molecule has 0 fully saturated rings. The largest absolute Gasteiger partial charge is 0.282 e. The van der Waals surface area contributed by atoms with Crippen LogP contribution in [0.15, 0.2) is 23.6 Å². The van der Waals surface area contributed by atoms with Gasteiger partial charge in [0, 0.05) is 17.5 Å². The molecule has 2 aromatic rings. The zero-order valence-electron chi connectivity index (χ0n) is 12.0. The molecule has 0 spiro atoms. The van der Waals surface area contributed by atoms with Crippen LogP contribution in [0.2, 0.25) is 0 Å². The Morgan fingerprint density at radius 1 is 1.17 bits per heavy atom. The van der Waals surface area contributed by atoms with E-state index in [-0.39, 0.29) is 0 Å². The fourth-order valence-electron chi connectivity index (χ4n) is 1.20. The first kappa shape index (κ1) is 16.6. The van der Waals surface area contributed by atoms with Crippen LogP contribution in [0.4, 0.5) is 0 Å². The van der Waals surface area contributed by atoms with Crippen molar-refractivity contribution in [1.82, 2.24) is 20.2 Å². The molecule has 0 saturated heterocycles. The fourth-order valence-corrected chi connectivity index (χ4v) is 1.55. The SMILES string of the molecule is CC.CC.CSc1nccc(-c2cn[nH]c2C)n1. The minimum atomic E-state index is 0.781. The summed E-state index contributed by atoms with van der Waals surface area (Å²) in [6.45, 7) is 9.98. The topological polar surface area (TPSA) is 54.5 Å². The molecule has 0 aliphatic heterocycles. The quantitative estimate of drug-likeness (QED) is 0.660. The van der Waals surface area contributed by atoms with Gasteiger partial charge in [-0.15, -0.1) is 0 Å².